The Morgan fingerprint density at radius 3 is 2.33 bits per heavy atom. The third kappa shape index (κ3) is 4.38. The van der Waals surface area contributed by atoms with Crippen molar-refractivity contribution in [3.63, 3.8) is 0 Å². The molecule has 1 aliphatic heterocycles. The first kappa shape index (κ1) is 29.8. The molecule has 0 spiro atoms. The van der Waals surface area contributed by atoms with Gasteiger partial charge >= 0.3 is 0 Å². The van der Waals surface area contributed by atoms with Crippen molar-refractivity contribution < 1.29 is 34.6 Å². The van der Waals surface area contributed by atoms with Crippen molar-refractivity contribution in [2.45, 2.75) is 0 Å². The van der Waals surface area contributed by atoms with Crippen LogP contribution in [0.1, 0.15) is 0 Å². The van der Waals surface area contributed by atoms with E-state index in [1.54, 1.807) is 6.20 Å². The van der Waals surface area contributed by atoms with Crippen LogP contribution in [0.25, 0.3) is 71.5 Å². The number of anilines is 3. The maximum atomic E-state index is 6.80. The Morgan fingerprint density at radius 2 is 1.45 bits per heavy atom. The second-order valence-electron chi connectivity index (χ2n) is 12.6. The van der Waals surface area contributed by atoms with Gasteiger partial charge in [0.15, 0.2) is 0 Å². The van der Waals surface area contributed by atoms with Crippen LogP contribution in [-0.2, 0) is 21.1 Å². The number of ether oxygens (including phenoxy) is 1. The van der Waals surface area contributed by atoms with Gasteiger partial charge in [-0.3, -0.25) is 0 Å². The van der Waals surface area contributed by atoms with Crippen molar-refractivity contribution in [3.05, 3.63) is 146 Å². The number of pyridine rings is 1. The van der Waals surface area contributed by atoms with Gasteiger partial charge in [0.25, 0.3) is 0 Å². The van der Waals surface area contributed by atoms with Gasteiger partial charge in [0.1, 0.15) is 22.6 Å². The average Bonchev–Trinajstić information content (AvgIpc) is 3.91. The Balaban J connectivity index is 0.00000327. The van der Waals surface area contributed by atoms with Crippen LogP contribution in [0.15, 0.2) is 136 Å². The van der Waals surface area contributed by atoms with Gasteiger partial charge in [-0.1, -0.05) is 71.2 Å². The monoisotopic (exact) mass is 840 g/mol. The van der Waals surface area contributed by atoms with Gasteiger partial charge in [0, 0.05) is 60.7 Å². The summed E-state index contributed by atoms with van der Waals surface area (Å²) in [4.78, 5) is 8.93. The van der Waals surface area contributed by atoms with Crippen molar-refractivity contribution >= 4 is 82.7 Å². The molecule has 6 aromatic carbocycles. The summed E-state index contributed by atoms with van der Waals surface area (Å²) in [5, 5.41) is 6.00. The molecule has 0 saturated heterocycles. The fraction of sp³-hybridized carbons (Fsp3) is 0.0233. The molecule has 8 heteroatoms. The van der Waals surface area contributed by atoms with Gasteiger partial charge in [0.2, 0.25) is 0 Å². The molecule has 0 saturated carbocycles. The number of para-hydroxylation sites is 4. The molecule has 0 N–H and O–H groups in total. The number of hydrogen-bond acceptors (Lipinski definition) is 6. The van der Waals surface area contributed by atoms with Gasteiger partial charge in [-0.05, 0) is 61.0 Å². The summed E-state index contributed by atoms with van der Waals surface area (Å²) < 4.78 is 21.9. The Bertz CT molecular complexity index is 2980. The first-order valence-electron chi connectivity index (χ1n) is 16.4. The molecule has 10 aromatic rings. The number of benzene rings is 6. The van der Waals surface area contributed by atoms with Crippen molar-refractivity contribution in [1.82, 2.24) is 9.55 Å². The van der Waals surface area contributed by atoms with E-state index < -0.39 is 0 Å². The maximum absolute atomic E-state index is 6.80. The Morgan fingerprint density at radius 1 is 0.667 bits per heavy atom. The van der Waals surface area contributed by atoms with Gasteiger partial charge in [-0.15, -0.1) is 29.7 Å². The van der Waals surface area contributed by atoms with Crippen molar-refractivity contribution in [2.24, 2.45) is 0 Å². The van der Waals surface area contributed by atoms with Crippen molar-refractivity contribution in [2.75, 3.05) is 16.8 Å². The first-order chi connectivity index (χ1) is 24.7. The molecule has 1 aliphatic rings. The summed E-state index contributed by atoms with van der Waals surface area (Å²) >= 11 is 0. The van der Waals surface area contributed by atoms with E-state index in [4.69, 9.17) is 13.6 Å². The summed E-state index contributed by atoms with van der Waals surface area (Å²) in [7, 11) is 2.05. The second-order valence-corrected chi connectivity index (χ2v) is 12.6. The topological polar surface area (TPSA) is 59.8 Å². The van der Waals surface area contributed by atoms with E-state index in [2.05, 4.69) is 98.8 Å². The van der Waals surface area contributed by atoms with Crippen LogP contribution in [-0.4, -0.2) is 16.6 Å². The van der Waals surface area contributed by atoms with Crippen LogP contribution < -0.4 is 14.5 Å². The van der Waals surface area contributed by atoms with Gasteiger partial charge in [-0.2, -0.15) is 12.7 Å². The third-order valence-corrected chi connectivity index (χ3v) is 9.68. The fourth-order valence-electron chi connectivity index (χ4n) is 7.47. The molecule has 0 atom stereocenters. The standard InChI is InChI=1S/C43H25N4O3.Pt/c1-45-25-46(35-14-6-5-13-34(35)45)26-22-32-30-19-20-38-41(31-11-3-7-15-37(31)49-38)43(30)50-42(32)39(23-26)48-27-17-18-29-28-10-2-4-12-33(28)47(36(29)24-27)40-16-8-9-21-44-40;/h2-22,25H,1H3;/q-3;. The number of nitrogens with zero attached hydrogens (tertiary/aromatic N) is 4. The molecule has 0 amide bonds. The molecule has 4 aromatic heterocycles. The zero-order valence-electron chi connectivity index (χ0n) is 27.0. The quantitative estimate of drug-likeness (QED) is 0.165. The van der Waals surface area contributed by atoms with E-state index >= 15 is 0 Å². The van der Waals surface area contributed by atoms with Crippen molar-refractivity contribution in [3.8, 4) is 17.3 Å². The Labute approximate surface area is 306 Å². The molecular weight excluding hydrogens is 816 g/mol. The number of hydrogen-bond donors (Lipinski definition) is 0. The summed E-state index contributed by atoms with van der Waals surface area (Å²) in [5.41, 5.74) is 7.84. The molecule has 0 unspecified atom stereocenters. The minimum absolute atomic E-state index is 0. The van der Waals surface area contributed by atoms with Gasteiger partial charge in [-0.25, -0.2) is 4.98 Å². The zero-order valence-corrected chi connectivity index (χ0v) is 29.3. The number of furan rings is 2. The average molecular weight is 841 g/mol. The van der Waals surface area contributed by atoms with E-state index in [-0.39, 0.29) is 21.1 Å². The molecule has 0 fully saturated rings. The summed E-state index contributed by atoms with van der Waals surface area (Å²) in [5.74, 6) is 1.81. The molecule has 0 bridgehead atoms. The first-order valence-corrected chi connectivity index (χ1v) is 16.4. The molecular formula is C43H25N4O3Pt-3. The zero-order chi connectivity index (χ0) is 32.9. The predicted molar refractivity (Wildman–Crippen MR) is 199 cm³/mol. The molecule has 0 aliphatic carbocycles. The molecule has 248 valence electrons. The SMILES string of the molecule is CN1[CH-]N(c2[c-]c(Oc3[c-]c4c(cc3)c3ccccc3n4-c3ccccn3)c3oc4c(ccc5oc6ccccc6c54)c3c2)c2ccccc21.[Pt]. The Kier molecular flexibility index (Phi) is 6.58. The number of fused-ring (bicyclic) bond motifs is 11. The van der Waals surface area contributed by atoms with Crippen molar-refractivity contribution in [1.29, 1.82) is 0 Å². The van der Waals surface area contributed by atoms with Crippen LogP contribution >= 0.6 is 0 Å². The molecule has 7 nitrogen and oxygen atoms in total. The predicted octanol–water partition coefficient (Wildman–Crippen LogP) is 11.1. The largest absolute Gasteiger partial charge is 0.511 e. The number of rotatable bonds is 4. The normalized spacial score (nSPS) is 12.9. The molecule has 11 rings (SSSR count). The fourth-order valence-corrected chi connectivity index (χ4v) is 7.47. The second kappa shape index (κ2) is 11.2. The molecule has 51 heavy (non-hydrogen) atoms. The van der Waals surface area contributed by atoms with Crippen LogP contribution in [0.2, 0.25) is 0 Å². The van der Waals surface area contributed by atoms with E-state index in [0.717, 1.165) is 83.0 Å². The minimum atomic E-state index is 0. The van der Waals surface area contributed by atoms with Crippen LogP contribution in [0.4, 0.5) is 17.1 Å². The molecule has 5 heterocycles. The third-order valence-electron chi connectivity index (χ3n) is 9.68. The molecule has 0 radical (unpaired) electrons. The van der Waals surface area contributed by atoms with E-state index in [1.165, 1.54) is 0 Å². The van der Waals surface area contributed by atoms with Crippen LogP contribution in [0.3, 0.4) is 0 Å². The van der Waals surface area contributed by atoms with E-state index in [9.17, 15) is 0 Å². The van der Waals surface area contributed by atoms with Crippen LogP contribution in [0.5, 0.6) is 11.5 Å². The van der Waals surface area contributed by atoms with Gasteiger partial charge < -0.3 is 27.9 Å². The smallest absolute Gasteiger partial charge is 0.139 e. The summed E-state index contributed by atoms with van der Waals surface area (Å²) in [6.45, 7) is 2.07. The van der Waals surface area contributed by atoms with E-state index in [1.807, 2.05) is 67.7 Å². The maximum Gasteiger partial charge on any atom is 0.139 e. The number of aromatic nitrogens is 2. The Hall–Kier alpha value is -6.04. The van der Waals surface area contributed by atoms with Crippen LogP contribution in [0, 0.1) is 18.8 Å². The summed E-state index contributed by atoms with van der Waals surface area (Å²) in [6.07, 6.45) is 1.81. The van der Waals surface area contributed by atoms with E-state index in [0.29, 0.717) is 17.1 Å². The van der Waals surface area contributed by atoms with Gasteiger partial charge in [0.05, 0.1) is 16.7 Å². The summed E-state index contributed by atoms with van der Waals surface area (Å²) in [6, 6.07) is 48.1. The minimum Gasteiger partial charge on any atom is -0.511 e.